The first-order valence-electron chi connectivity index (χ1n) is 7.14. The van der Waals surface area contributed by atoms with E-state index in [1.165, 1.54) is 0 Å². The van der Waals surface area contributed by atoms with Gasteiger partial charge in [0.2, 0.25) is 0 Å². The van der Waals surface area contributed by atoms with Crippen molar-refractivity contribution in [3.63, 3.8) is 0 Å². The third-order valence-corrected chi connectivity index (χ3v) is 3.35. The number of nitrogens with two attached hydrogens (primary N) is 1. The van der Waals surface area contributed by atoms with Crippen LogP contribution >= 0.6 is 11.6 Å². The molecule has 0 spiro atoms. The van der Waals surface area contributed by atoms with Crippen LogP contribution in [0.15, 0.2) is 23.2 Å². The Morgan fingerprint density at radius 3 is 2.71 bits per heavy atom. The van der Waals surface area contributed by atoms with Crippen LogP contribution in [0.25, 0.3) is 0 Å². The van der Waals surface area contributed by atoms with Gasteiger partial charge >= 0.3 is 6.03 Å². The van der Waals surface area contributed by atoms with Crippen molar-refractivity contribution in [1.82, 2.24) is 5.32 Å². The summed E-state index contributed by atoms with van der Waals surface area (Å²) in [5, 5.41) is 3.13. The van der Waals surface area contributed by atoms with Crippen LogP contribution in [0.4, 0.5) is 10.5 Å². The van der Waals surface area contributed by atoms with Gasteiger partial charge in [0.25, 0.3) is 0 Å². The van der Waals surface area contributed by atoms with Gasteiger partial charge in [-0.1, -0.05) is 37.1 Å². The Bertz CT molecular complexity index is 496. The van der Waals surface area contributed by atoms with Crippen molar-refractivity contribution in [3.8, 4) is 0 Å². The van der Waals surface area contributed by atoms with Gasteiger partial charge < -0.3 is 5.73 Å². The zero-order chi connectivity index (χ0) is 15.8. The molecule has 0 heterocycles. The molecule has 5 nitrogen and oxygen atoms in total. The number of rotatable bonds is 5. The topological polar surface area (TPSA) is 70.7 Å². The minimum absolute atomic E-state index is 0.136. The Morgan fingerprint density at radius 2 is 2.14 bits per heavy atom. The number of halogens is 1. The summed E-state index contributed by atoms with van der Waals surface area (Å²) in [7, 11) is 0. The lowest BCUT2D eigenvalue weighted by Crippen LogP contribution is -2.46. The highest BCUT2D eigenvalue weighted by Crippen LogP contribution is 2.29. The summed E-state index contributed by atoms with van der Waals surface area (Å²) in [5.74, 6) is 0.136. The lowest BCUT2D eigenvalue weighted by molar-refractivity contribution is 0.250. The van der Waals surface area contributed by atoms with Crippen molar-refractivity contribution >= 4 is 29.3 Å². The average molecular weight is 311 g/mol. The number of aliphatic imine (C=N–C) groups is 1. The van der Waals surface area contributed by atoms with Gasteiger partial charge in [0.05, 0.1) is 10.7 Å². The Labute approximate surface area is 131 Å². The van der Waals surface area contributed by atoms with Crippen LogP contribution in [0.1, 0.15) is 32.3 Å². The van der Waals surface area contributed by atoms with Crippen molar-refractivity contribution < 1.29 is 4.79 Å². The van der Waals surface area contributed by atoms with E-state index in [4.69, 9.17) is 17.3 Å². The van der Waals surface area contributed by atoms with E-state index < -0.39 is 0 Å². The fourth-order valence-electron chi connectivity index (χ4n) is 1.94. The minimum atomic E-state index is -0.327. The summed E-state index contributed by atoms with van der Waals surface area (Å²) >= 11 is 6.20. The van der Waals surface area contributed by atoms with Crippen molar-refractivity contribution in [2.45, 2.75) is 33.6 Å². The molecule has 0 fully saturated rings. The van der Waals surface area contributed by atoms with Gasteiger partial charge in [-0.3, -0.25) is 15.2 Å². The molecule has 0 aliphatic heterocycles. The number of hydrogen-bond donors (Lipinski definition) is 2. The monoisotopic (exact) mass is 310 g/mol. The molecular formula is C15H23ClN4O. The third-order valence-electron chi connectivity index (χ3n) is 3.05. The van der Waals surface area contributed by atoms with Crippen LogP contribution in [0.3, 0.4) is 0 Å². The Morgan fingerprint density at radius 1 is 1.43 bits per heavy atom. The number of amides is 2. The number of anilines is 1. The lowest BCUT2D eigenvalue weighted by atomic mass is 10.2. The molecule has 1 rings (SSSR count). The summed E-state index contributed by atoms with van der Waals surface area (Å²) in [6.07, 6.45) is 1.97. The number of nitrogens with one attached hydrogen (secondary N) is 1. The van der Waals surface area contributed by atoms with E-state index in [2.05, 4.69) is 17.2 Å². The second-order valence-electron chi connectivity index (χ2n) is 4.70. The van der Waals surface area contributed by atoms with Gasteiger partial charge in [-0.2, -0.15) is 0 Å². The van der Waals surface area contributed by atoms with E-state index in [-0.39, 0.29) is 12.0 Å². The highest BCUT2D eigenvalue weighted by molar-refractivity contribution is 6.34. The van der Waals surface area contributed by atoms with Crippen LogP contribution in [0, 0.1) is 6.92 Å². The zero-order valence-corrected chi connectivity index (χ0v) is 13.6. The first kappa shape index (κ1) is 17.3. The SMILES string of the molecule is CCCCN=C(N)NC(=O)N(CC)c1c(C)cccc1Cl. The van der Waals surface area contributed by atoms with Crippen LogP contribution in [0.2, 0.25) is 5.02 Å². The highest BCUT2D eigenvalue weighted by Gasteiger charge is 2.19. The normalized spacial score (nSPS) is 11.3. The maximum atomic E-state index is 12.3. The van der Waals surface area contributed by atoms with Crippen molar-refractivity contribution in [3.05, 3.63) is 28.8 Å². The Balaban J connectivity index is 2.85. The standard InChI is InChI=1S/C15H23ClN4O/c1-4-6-10-18-14(17)19-15(21)20(5-2)13-11(3)8-7-9-12(13)16/h7-9H,4-6,10H2,1-3H3,(H3,17,18,19,21). The average Bonchev–Trinajstić information content (AvgIpc) is 2.43. The summed E-state index contributed by atoms with van der Waals surface area (Å²) in [6.45, 7) is 6.96. The number of carbonyl (C=O) groups is 1. The van der Waals surface area contributed by atoms with Crippen LogP contribution in [-0.4, -0.2) is 25.1 Å². The molecule has 0 aromatic heterocycles. The van der Waals surface area contributed by atoms with Crippen molar-refractivity contribution in [1.29, 1.82) is 0 Å². The van der Waals surface area contributed by atoms with Gasteiger partial charge in [0.1, 0.15) is 0 Å². The van der Waals surface area contributed by atoms with E-state index >= 15 is 0 Å². The van der Waals surface area contributed by atoms with E-state index in [1.807, 2.05) is 26.0 Å². The summed E-state index contributed by atoms with van der Waals surface area (Å²) in [4.78, 5) is 18.0. The lowest BCUT2D eigenvalue weighted by Gasteiger charge is -2.24. The molecule has 3 N–H and O–H groups in total. The molecule has 2 amide bonds. The molecule has 21 heavy (non-hydrogen) atoms. The van der Waals surface area contributed by atoms with Crippen LogP contribution < -0.4 is 16.0 Å². The first-order valence-corrected chi connectivity index (χ1v) is 7.52. The molecule has 1 aromatic carbocycles. The largest absolute Gasteiger partial charge is 0.370 e. The molecule has 0 unspecified atom stereocenters. The number of nitrogens with zero attached hydrogens (tertiary/aromatic N) is 2. The second-order valence-corrected chi connectivity index (χ2v) is 5.11. The first-order chi connectivity index (χ1) is 10.0. The molecule has 0 aliphatic carbocycles. The predicted octanol–water partition coefficient (Wildman–Crippen LogP) is 3.30. The smallest absolute Gasteiger partial charge is 0.328 e. The predicted molar refractivity (Wildman–Crippen MR) is 89.1 cm³/mol. The fraction of sp³-hybridized carbons (Fsp3) is 0.467. The number of benzene rings is 1. The van der Waals surface area contributed by atoms with E-state index in [0.717, 1.165) is 18.4 Å². The number of guanidine groups is 1. The van der Waals surface area contributed by atoms with Crippen LogP contribution in [-0.2, 0) is 0 Å². The van der Waals surface area contributed by atoms with Crippen molar-refractivity contribution in [2.24, 2.45) is 10.7 Å². The number of carbonyl (C=O) groups excluding carboxylic acids is 1. The van der Waals surface area contributed by atoms with E-state index in [1.54, 1.807) is 11.0 Å². The molecule has 0 aliphatic rings. The quantitative estimate of drug-likeness (QED) is 0.497. The van der Waals surface area contributed by atoms with Gasteiger partial charge in [-0.15, -0.1) is 0 Å². The fourth-order valence-corrected chi connectivity index (χ4v) is 2.27. The number of para-hydroxylation sites is 1. The zero-order valence-electron chi connectivity index (χ0n) is 12.8. The summed E-state index contributed by atoms with van der Waals surface area (Å²) in [5.41, 5.74) is 7.35. The van der Waals surface area contributed by atoms with Gasteiger partial charge in [0.15, 0.2) is 5.96 Å². The Kier molecular flexibility index (Phi) is 7.02. The summed E-state index contributed by atoms with van der Waals surface area (Å²) < 4.78 is 0. The molecule has 0 bridgehead atoms. The van der Waals surface area contributed by atoms with Crippen LogP contribution in [0.5, 0.6) is 0 Å². The molecule has 0 radical (unpaired) electrons. The third kappa shape index (κ3) is 4.93. The van der Waals surface area contributed by atoms with Crippen molar-refractivity contribution in [2.75, 3.05) is 18.0 Å². The number of unbranched alkanes of at least 4 members (excludes halogenated alkanes) is 1. The van der Waals surface area contributed by atoms with E-state index in [0.29, 0.717) is 23.8 Å². The molecule has 1 aromatic rings. The Hall–Kier alpha value is -1.75. The highest BCUT2D eigenvalue weighted by atomic mass is 35.5. The van der Waals surface area contributed by atoms with Gasteiger partial charge in [-0.05, 0) is 31.9 Å². The summed E-state index contributed by atoms with van der Waals surface area (Å²) in [6, 6.07) is 5.20. The molecule has 0 saturated heterocycles. The van der Waals surface area contributed by atoms with Gasteiger partial charge in [0, 0.05) is 13.1 Å². The second kappa shape index (κ2) is 8.52. The number of aryl methyl sites for hydroxylation is 1. The maximum Gasteiger partial charge on any atom is 0.328 e. The number of urea groups is 1. The molecule has 0 atom stereocenters. The molecular weight excluding hydrogens is 288 g/mol. The van der Waals surface area contributed by atoms with Gasteiger partial charge in [-0.25, -0.2) is 4.79 Å². The molecule has 6 heteroatoms. The van der Waals surface area contributed by atoms with E-state index in [9.17, 15) is 4.79 Å². The maximum absolute atomic E-state index is 12.3. The molecule has 0 saturated carbocycles. The minimum Gasteiger partial charge on any atom is -0.370 e. The molecule has 116 valence electrons. The number of hydrogen-bond acceptors (Lipinski definition) is 2.